The van der Waals surface area contributed by atoms with E-state index in [0.29, 0.717) is 22.4 Å². The fourth-order valence-electron chi connectivity index (χ4n) is 1.97. The first-order chi connectivity index (χ1) is 8.65. The van der Waals surface area contributed by atoms with Crippen LogP contribution in [-0.2, 0) is 7.05 Å². The van der Waals surface area contributed by atoms with E-state index in [1.165, 1.54) is 18.3 Å². The number of nitrogens with zero attached hydrogens (tertiary/aromatic N) is 3. The predicted octanol–water partition coefficient (Wildman–Crippen LogP) is 2.48. The van der Waals surface area contributed by atoms with E-state index in [2.05, 4.69) is 9.97 Å². The minimum absolute atomic E-state index is 0.0748. The molecule has 0 aliphatic carbocycles. The minimum atomic E-state index is -0.300. The Balaban J connectivity index is 2.27. The SMILES string of the molecule is Cn1c(-c2cncc(O)c2)nc2ccc(F)cc21. The number of aromatic hydroxyl groups is 1. The summed E-state index contributed by atoms with van der Waals surface area (Å²) < 4.78 is 15.0. The lowest BCUT2D eigenvalue weighted by Crippen LogP contribution is -1.93. The maximum absolute atomic E-state index is 13.2. The standard InChI is InChI=1S/C13H10FN3O/c1-17-12-5-9(14)2-3-11(12)16-13(17)8-4-10(18)7-15-6-8/h2-7,18H,1H3. The van der Waals surface area contributed by atoms with Crippen LogP contribution in [0.1, 0.15) is 0 Å². The van der Waals surface area contributed by atoms with E-state index >= 15 is 0 Å². The van der Waals surface area contributed by atoms with Gasteiger partial charge in [-0.25, -0.2) is 9.37 Å². The molecule has 2 heterocycles. The van der Waals surface area contributed by atoms with Crippen molar-refractivity contribution in [3.05, 3.63) is 42.5 Å². The van der Waals surface area contributed by atoms with Crippen LogP contribution in [-0.4, -0.2) is 19.6 Å². The Morgan fingerprint density at radius 2 is 2.06 bits per heavy atom. The quantitative estimate of drug-likeness (QED) is 0.714. The largest absolute Gasteiger partial charge is 0.506 e. The number of imidazole rings is 1. The van der Waals surface area contributed by atoms with Crippen molar-refractivity contribution in [1.29, 1.82) is 0 Å². The van der Waals surface area contributed by atoms with E-state index in [4.69, 9.17) is 0 Å². The Bertz CT molecular complexity index is 736. The van der Waals surface area contributed by atoms with Gasteiger partial charge >= 0.3 is 0 Å². The first-order valence-electron chi connectivity index (χ1n) is 5.41. The van der Waals surface area contributed by atoms with E-state index in [9.17, 15) is 9.50 Å². The second-order valence-corrected chi connectivity index (χ2v) is 4.06. The third kappa shape index (κ3) is 1.60. The van der Waals surface area contributed by atoms with Crippen molar-refractivity contribution >= 4 is 11.0 Å². The molecule has 0 amide bonds. The molecule has 18 heavy (non-hydrogen) atoms. The molecule has 0 bridgehead atoms. The zero-order valence-electron chi connectivity index (χ0n) is 9.63. The Kier molecular flexibility index (Phi) is 2.26. The lowest BCUT2D eigenvalue weighted by atomic mass is 10.2. The molecule has 0 radical (unpaired) electrons. The van der Waals surface area contributed by atoms with Crippen molar-refractivity contribution in [2.45, 2.75) is 0 Å². The van der Waals surface area contributed by atoms with Crippen molar-refractivity contribution in [2.24, 2.45) is 7.05 Å². The summed E-state index contributed by atoms with van der Waals surface area (Å²) in [5.74, 6) is 0.413. The Morgan fingerprint density at radius 1 is 1.22 bits per heavy atom. The molecule has 5 heteroatoms. The van der Waals surface area contributed by atoms with Gasteiger partial charge in [0.05, 0.1) is 17.2 Å². The van der Waals surface area contributed by atoms with Gasteiger partial charge in [-0.05, 0) is 24.3 Å². The second kappa shape index (κ2) is 3.80. The van der Waals surface area contributed by atoms with Gasteiger partial charge in [-0.3, -0.25) is 4.98 Å². The Labute approximate surface area is 102 Å². The number of benzene rings is 1. The van der Waals surface area contributed by atoms with Crippen LogP contribution in [0.15, 0.2) is 36.7 Å². The smallest absolute Gasteiger partial charge is 0.142 e. The molecule has 0 fully saturated rings. The van der Waals surface area contributed by atoms with Gasteiger partial charge in [0.25, 0.3) is 0 Å². The number of pyridine rings is 1. The summed E-state index contributed by atoms with van der Waals surface area (Å²) in [6.45, 7) is 0. The molecule has 2 aromatic heterocycles. The van der Waals surface area contributed by atoms with Crippen LogP contribution in [0.5, 0.6) is 5.75 Å². The molecule has 3 aromatic rings. The highest BCUT2D eigenvalue weighted by atomic mass is 19.1. The summed E-state index contributed by atoms with van der Waals surface area (Å²) in [7, 11) is 1.80. The summed E-state index contributed by atoms with van der Waals surface area (Å²) in [6, 6.07) is 6.01. The third-order valence-electron chi connectivity index (χ3n) is 2.82. The number of halogens is 1. The summed E-state index contributed by atoms with van der Waals surface area (Å²) in [5.41, 5.74) is 2.10. The number of rotatable bonds is 1. The van der Waals surface area contributed by atoms with Crippen molar-refractivity contribution in [3.8, 4) is 17.1 Å². The predicted molar refractivity (Wildman–Crippen MR) is 65.6 cm³/mol. The first-order valence-corrected chi connectivity index (χ1v) is 5.41. The fraction of sp³-hybridized carbons (Fsp3) is 0.0769. The summed E-state index contributed by atoms with van der Waals surface area (Å²) in [4.78, 5) is 8.32. The van der Waals surface area contributed by atoms with Gasteiger partial charge in [-0.2, -0.15) is 0 Å². The molecule has 0 aliphatic rings. The number of aryl methyl sites for hydroxylation is 1. The van der Waals surface area contributed by atoms with Crippen LogP contribution in [0, 0.1) is 5.82 Å². The average molecular weight is 243 g/mol. The Hall–Kier alpha value is -2.43. The monoisotopic (exact) mass is 243 g/mol. The molecule has 0 saturated carbocycles. The summed E-state index contributed by atoms with van der Waals surface area (Å²) in [5, 5.41) is 9.42. The zero-order chi connectivity index (χ0) is 12.7. The van der Waals surface area contributed by atoms with Crippen LogP contribution in [0.4, 0.5) is 4.39 Å². The van der Waals surface area contributed by atoms with Crippen molar-refractivity contribution in [3.63, 3.8) is 0 Å². The molecule has 0 atom stereocenters. The third-order valence-corrected chi connectivity index (χ3v) is 2.82. The van der Waals surface area contributed by atoms with Crippen LogP contribution < -0.4 is 0 Å². The second-order valence-electron chi connectivity index (χ2n) is 4.06. The average Bonchev–Trinajstić information content (AvgIpc) is 2.67. The number of aromatic nitrogens is 3. The topological polar surface area (TPSA) is 50.9 Å². The zero-order valence-corrected chi connectivity index (χ0v) is 9.63. The van der Waals surface area contributed by atoms with Gasteiger partial charge in [-0.1, -0.05) is 0 Å². The van der Waals surface area contributed by atoms with Crippen LogP contribution >= 0.6 is 0 Å². The number of fused-ring (bicyclic) bond motifs is 1. The number of hydrogen-bond acceptors (Lipinski definition) is 3. The summed E-state index contributed by atoms with van der Waals surface area (Å²) in [6.07, 6.45) is 2.96. The van der Waals surface area contributed by atoms with Gasteiger partial charge in [0.1, 0.15) is 17.4 Å². The molecular weight excluding hydrogens is 233 g/mol. The van der Waals surface area contributed by atoms with Gasteiger partial charge in [0.2, 0.25) is 0 Å². The normalized spacial score (nSPS) is 11.0. The molecule has 0 spiro atoms. The van der Waals surface area contributed by atoms with E-state index in [0.717, 1.165) is 0 Å². The molecule has 90 valence electrons. The Morgan fingerprint density at radius 3 is 2.83 bits per heavy atom. The lowest BCUT2D eigenvalue weighted by molar-refractivity contribution is 0.473. The van der Waals surface area contributed by atoms with E-state index in [1.807, 2.05) is 0 Å². The van der Waals surface area contributed by atoms with Crippen molar-refractivity contribution in [1.82, 2.24) is 14.5 Å². The van der Waals surface area contributed by atoms with Gasteiger partial charge in [0, 0.05) is 18.8 Å². The first kappa shape index (κ1) is 10.7. The van der Waals surface area contributed by atoms with Crippen molar-refractivity contribution in [2.75, 3.05) is 0 Å². The maximum Gasteiger partial charge on any atom is 0.142 e. The molecular formula is C13H10FN3O. The molecule has 4 nitrogen and oxygen atoms in total. The highest BCUT2D eigenvalue weighted by molar-refractivity contribution is 5.80. The maximum atomic E-state index is 13.2. The molecule has 1 aromatic carbocycles. The molecule has 0 saturated heterocycles. The number of hydrogen-bond donors (Lipinski definition) is 1. The minimum Gasteiger partial charge on any atom is -0.506 e. The molecule has 1 N–H and O–H groups in total. The summed E-state index contributed by atoms with van der Waals surface area (Å²) >= 11 is 0. The van der Waals surface area contributed by atoms with Gasteiger partial charge in [-0.15, -0.1) is 0 Å². The highest BCUT2D eigenvalue weighted by Crippen LogP contribution is 2.25. The van der Waals surface area contributed by atoms with E-state index in [-0.39, 0.29) is 11.6 Å². The van der Waals surface area contributed by atoms with Crippen LogP contribution in [0.25, 0.3) is 22.4 Å². The van der Waals surface area contributed by atoms with Gasteiger partial charge in [0.15, 0.2) is 0 Å². The highest BCUT2D eigenvalue weighted by Gasteiger charge is 2.11. The van der Waals surface area contributed by atoms with Crippen LogP contribution in [0.3, 0.4) is 0 Å². The van der Waals surface area contributed by atoms with Gasteiger partial charge < -0.3 is 9.67 Å². The van der Waals surface area contributed by atoms with E-state index < -0.39 is 0 Å². The fourth-order valence-corrected chi connectivity index (χ4v) is 1.97. The lowest BCUT2D eigenvalue weighted by Gasteiger charge is -2.02. The van der Waals surface area contributed by atoms with E-state index in [1.54, 1.807) is 29.9 Å². The molecule has 0 aliphatic heterocycles. The van der Waals surface area contributed by atoms with Crippen LogP contribution in [0.2, 0.25) is 0 Å². The molecule has 3 rings (SSSR count). The van der Waals surface area contributed by atoms with Crippen molar-refractivity contribution < 1.29 is 9.50 Å². The molecule has 0 unspecified atom stereocenters.